The van der Waals surface area contributed by atoms with Crippen molar-refractivity contribution in [3.8, 4) is 5.69 Å². The second kappa shape index (κ2) is 8.62. The molecule has 1 fully saturated rings. The van der Waals surface area contributed by atoms with Crippen LogP contribution in [0.4, 0.5) is 0 Å². The number of carbonyl (C=O) groups excluding carboxylic acids is 1. The van der Waals surface area contributed by atoms with Crippen LogP contribution in [0.1, 0.15) is 23.1 Å². The number of amides is 1. The third kappa shape index (κ3) is 4.30. The highest BCUT2D eigenvalue weighted by Gasteiger charge is 2.26. The molecule has 1 aliphatic rings. The lowest BCUT2D eigenvalue weighted by Gasteiger charge is -2.13. The van der Waals surface area contributed by atoms with E-state index in [1.165, 1.54) is 0 Å². The van der Waals surface area contributed by atoms with Crippen LogP contribution in [0.15, 0.2) is 24.3 Å². The molecule has 3 rings (SSSR count). The van der Waals surface area contributed by atoms with Crippen molar-refractivity contribution in [3.05, 3.63) is 40.7 Å². The molecule has 25 heavy (non-hydrogen) atoms. The molecular weight excluding hydrogens is 365 g/mol. The number of halogens is 2. The van der Waals surface area contributed by atoms with E-state index in [9.17, 15) is 9.90 Å². The predicted octanol–water partition coefficient (Wildman–Crippen LogP) is 1.22. The van der Waals surface area contributed by atoms with Gasteiger partial charge >= 0.3 is 0 Å². The Morgan fingerprint density at radius 2 is 2.28 bits per heavy atom. The molecule has 0 aliphatic carbocycles. The van der Waals surface area contributed by atoms with Crippen LogP contribution in [0.25, 0.3) is 5.69 Å². The smallest absolute Gasteiger partial charge is 0.273 e. The van der Waals surface area contributed by atoms with E-state index < -0.39 is 6.10 Å². The number of β-amino-alcohol motifs (C(OH)–C–C–N with tert-alkyl or cyclic N) is 1. The van der Waals surface area contributed by atoms with Crippen molar-refractivity contribution in [2.45, 2.75) is 19.4 Å². The van der Waals surface area contributed by atoms with Gasteiger partial charge in [-0.05, 0) is 24.6 Å². The van der Waals surface area contributed by atoms with Gasteiger partial charge in [0.1, 0.15) is 0 Å². The van der Waals surface area contributed by atoms with E-state index in [4.69, 9.17) is 11.6 Å². The number of benzene rings is 1. The number of aromatic nitrogens is 3. The van der Waals surface area contributed by atoms with Crippen molar-refractivity contribution in [2.24, 2.45) is 5.92 Å². The normalized spacial score (nSPS) is 19.5. The molecule has 1 saturated heterocycles. The van der Waals surface area contributed by atoms with E-state index in [2.05, 4.69) is 20.9 Å². The Hall–Kier alpha value is -1.67. The topological polar surface area (TPSA) is 92.1 Å². The van der Waals surface area contributed by atoms with Gasteiger partial charge in [-0.15, -0.1) is 17.5 Å². The van der Waals surface area contributed by atoms with E-state index in [-0.39, 0.29) is 24.2 Å². The number of aliphatic hydroxyl groups excluding tert-OH is 1. The molecule has 1 aromatic heterocycles. The molecule has 7 nitrogen and oxygen atoms in total. The number of nitrogens with one attached hydrogen (secondary N) is 2. The molecule has 0 spiro atoms. The van der Waals surface area contributed by atoms with Crippen LogP contribution in [-0.2, 0) is 6.42 Å². The van der Waals surface area contributed by atoms with Gasteiger partial charge in [-0.25, -0.2) is 4.68 Å². The van der Waals surface area contributed by atoms with Crippen LogP contribution in [0.3, 0.4) is 0 Å². The molecule has 2 atom stereocenters. The van der Waals surface area contributed by atoms with Gasteiger partial charge < -0.3 is 15.7 Å². The van der Waals surface area contributed by atoms with Crippen LogP contribution in [0, 0.1) is 5.92 Å². The van der Waals surface area contributed by atoms with Gasteiger partial charge in [0.15, 0.2) is 5.69 Å². The predicted molar refractivity (Wildman–Crippen MR) is 97.7 cm³/mol. The summed E-state index contributed by atoms with van der Waals surface area (Å²) in [4.78, 5) is 12.4. The number of carbonyl (C=O) groups is 1. The molecule has 0 radical (unpaired) electrons. The average molecular weight is 386 g/mol. The second-order valence-electron chi connectivity index (χ2n) is 5.83. The Morgan fingerprint density at radius 3 is 2.92 bits per heavy atom. The molecule has 2 heterocycles. The lowest BCUT2D eigenvalue weighted by molar-refractivity contribution is 0.0921. The monoisotopic (exact) mass is 385 g/mol. The standard InChI is InChI=1S/C16H20ClN5O2.ClH/c1-2-13-15(16(24)19-8-10-7-18-9-14(10)23)20-21-22(13)12-5-3-4-11(17)6-12;/h3-6,10,14,18,23H,2,7-9H2,1H3,(H,19,24);1H. The summed E-state index contributed by atoms with van der Waals surface area (Å²) in [6.45, 7) is 3.60. The first-order chi connectivity index (χ1) is 11.6. The van der Waals surface area contributed by atoms with Crippen molar-refractivity contribution >= 4 is 29.9 Å². The Morgan fingerprint density at radius 1 is 1.48 bits per heavy atom. The molecule has 1 amide bonds. The summed E-state index contributed by atoms with van der Waals surface area (Å²) in [6, 6.07) is 7.24. The first-order valence-corrected chi connectivity index (χ1v) is 8.35. The highest BCUT2D eigenvalue weighted by atomic mass is 35.5. The molecule has 136 valence electrons. The summed E-state index contributed by atoms with van der Waals surface area (Å²) in [5.41, 5.74) is 1.79. The minimum absolute atomic E-state index is 0. The fourth-order valence-electron chi connectivity index (χ4n) is 2.85. The highest BCUT2D eigenvalue weighted by molar-refractivity contribution is 6.30. The van der Waals surface area contributed by atoms with Crippen molar-refractivity contribution in [1.29, 1.82) is 0 Å². The minimum Gasteiger partial charge on any atom is -0.391 e. The zero-order valence-corrected chi connectivity index (χ0v) is 15.3. The van der Waals surface area contributed by atoms with E-state index in [1.807, 2.05) is 19.1 Å². The molecule has 2 unspecified atom stereocenters. The zero-order valence-electron chi connectivity index (χ0n) is 13.8. The number of hydrogen-bond donors (Lipinski definition) is 3. The van der Waals surface area contributed by atoms with Crippen LogP contribution in [0.2, 0.25) is 5.02 Å². The molecule has 0 bridgehead atoms. The first-order valence-electron chi connectivity index (χ1n) is 7.97. The Balaban J connectivity index is 0.00000225. The van der Waals surface area contributed by atoms with Gasteiger partial charge in [-0.2, -0.15) is 0 Å². The van der Waals surface area contributed by atoms with Crippen molar-refractivity contribution in [2.75, 3.05) is 19.6 Å². The van der Waals surface area contributed by atoms with Crippen LogP contribution >= 0.6 is 24.0 Å². The molecule has 9 heteroatoms. The molecule has 0 saturated carbocycles. The lowest BCUT2D eigenvalue weighted by atomic mass is 10.1. The van der Waals surface area contributed by atoms with Gasteiger partial charge in [0.25, 0.3) is 5.91 Å². The Kier molecular flexibility index (Phi) is 6.78. The van der Waals surface area contributed by atoms with E-state index in [0.29, 0.717) is 36.8 Å². The number of nitrogens with zero attached hydrogens (tertiary/aromatic N) is 3. The summed E-state index contributed by atoms with van der Waals surface area (Å²) in [5, 5.41) is 24.5. The molecule has 2 aromatic rings. The van der Waals surface area contributed by atoms with Crippen LogP contribution in [-0.4, -0.2) is 51.7 Å². The first kappa shape index (κ1) is 19.7. The minimum atomic E-state index is -0.432. The number of rotatable bonds is 5. The maximum Gasteiger partial charge on any atom is 0.273 e. The second-order valence-corrected chi connectivity index (χ2v) is 6.26. The van der Waals surface area contributed by atoms with Crippen LogP contribution < -0.4 is 10.6 Å². The molecular formula is C16H21Cl2N5O2. The quantitative estimate of drug-likeness (QED) is 0.719. The molecule has 1 aromatic carbocycles. The maximum atomic E-state index is 12.4. The third-order valence-electron chi connectivity index (χ3n) is 4.19. The number of aliphatic hydroxyl groups is 1. The number of hydrogen-bond acceptors (Lipinski definition) is 5. The largest absolute Gasteiger partial charge is 0.391 e. The molecule has 3 N–H and O–H groups in total. The summed E-state index contributed by atoms with van der Waals surface area (Å²) < 4.78 is 1.63. The van der Waals surface area contributed by atoms with Gasteiger partial charge in [-0.3, -0.25) is 4.79 Å². The zero-order chi connectivity index (χ0) is 17.1. The summed E-state index contributed by atoms with van der Waals surface area (Å²) in [7, 11) is 0. The van der Waals surface area contributed by atoms with E-state index in [0.717, 1.165) is 11.4 Å². The third-order valence-corrected chi connectivity index (χ3v) is 4.43. The molecule has 1 aliphatic heterocycles. The van der Waals surface area contributed by atoms with Gasteiger partial charge in [0.05, 0.1) is 17.5 Å². The Bertz CT molecular complexity index is 737. The van der Waals surface area contributed by atoms with Gasteiger partial charge in [0.2, 0.25) is 0 Å². The van der Waals surface area contributed by atoms with Gasteiger partial charge in [0, 0.05) is 30.6 Å². The lowest BCUT2D eigenvalue weighted by Crippen LogP contribution is -2.35. The SMILES string of the molecule is CCc1c(C(=O)NCC2CNCC2O)nnn1-c1cccc(Cl)c1.Cl. The highest BCUT2D eigenvalue weighted by Crippen LogP contribution is 2.18. The Labute approximate surface area is 157 Å². The van der Waals surface area contributed by atoms with Crippen LogP contribution in [0.5, 0.6) is 0 Å². The van der Waals surface area contributed by atoms with Crippen molar-refractivity contribution < 1.29 is 9.90 Å². The van der Waals surface area contributed by atoms with Crippen molar-refractivity contribution in [3.63, 3.8) is 0 Å². The average Bonchev–Trinajstić information content (AvgIpc) is 3.18. The van der Waals surface area contributed by atoms with Crippen molar-refractivity contribution in [1.82, 2.24) is 25.6 Å². The summed E-state index contributed by atoms with van der Waals surface area (Å²) >= 11 is 6.03. The summed E-state index contributed by atoms with van der Waals surface area (Å²) in [6.07, 6.45) is 0.175. The van der Waals surface area contributed by atoms with E-state index in [1.54, 1.807) is 16.8 Å². The van der Waals surface area contributed by atoms with Gasteiger partial charge in [-0.1, -0.05) is 29.8 Å². The van der Waals surface area contributed by atoms with E-state index >= 15 is 0 Å². The maximum absolute atomic E-state index is 12.4. The summed E-state index contributed by atoms with van der Waals surface area (Å²) in [5.74, 6) is -0.263. The fraction of sp³-hybridized carbons (Fsp3) is 0.438. The fourth-order valence-corrected chi connectivity index (χ4v) is 3.03.